The van der Waals surface area contributed by atoms with Crippen molar-refractivity contribution >= 4 is 28.9 Å². The van der Waals surface area contributed by atoms with Gasteiger partial charge in [-0.2, -0.15) is 5.10 Å². The summed E-state index contributed by atoms with van der Waals surface area (Å²) in [5, 5.41) is 9.99. The van der Waals surface area contributed by atoms with Crippen molar-refractivity contribution in [3.8, 4) is 0 Å². The van der Waals surface area contributed by atoms with Crippen molar-refractivity contribution in [2.45, 2.75) is 27.3 Å². The minimum atomic E-state index is -0.166. The third-order valence-electron chi connectivity index (χ3n) is 3.81. The molecule has 0 aliphatic carbocycles. The highest BCUT2D eigenvalue weighted by atomic mass is 16.2. The first-order valence-corrected chi connectivity index (χ1v) is 7.80. The number of aryl methyl sites for hydroxylation is 2. The Morgan fingerprint density at radius 1 is 1.33 bits per heavy atom. The molecule has 0 unspecified atom stereocenters. The summed E-state index contributed by atoms with van der Waals surface area (Å²) >= 11 is 0. The second-order valence-electron chi connectivity index (χ2n) is 5.60. The Morgan fingerprint density at radius 3 is 2.67 bits per heavy atom. The van der Waals surface area contributed by atoms with Crippen LogP contribution in [0.15, 0.2) is 29.3 Å². The molecule has 1 aromatic heterocycles. The quantitative estimate of drug-likeness (QED) is 0.905. The number of rotatable bonds is 3. The predicted octanol–water partition coefficient (Wildman–Crippen LogP) is 2.03. The molecule has 0 saturated carbocycles. The lowest BCUT2D eigenvalue weighted by Gasteiger charge is -2.07. The molecule has 1 aromatic carbocycles. The molecule has 2 heterocycles. The van der Waals surface area contributed by atoms with E-state index < -0.39 is 0 Å². The van der Waals surface area contributed by atoms with Gasteiger partial charge in [0.1, 0.15) is 5.69 Å². The highest BCUT2D eigenvalue weighted by Crippen LogP contribution is 2.27. The van der Waals surface area contributed by atoms with Crippen LogP contribution >= 0.6 is 0 Å². The van der Waals surface area contributed by atoms with E-state index in [1.54, 1.807) is 4.68 Å². The minimum absolute atomic E-state index is 0.117. The van der Waals surface area contributed by atoms with Crippen molar-refractivity contribution in [2.24, 2.45) is 4.99 Å². The number of benzene rings is 1. The SMILES string of the molecule is CCn1nc(C)c2c1C(=O)NCC(c1ccc(NC(C)=O)cc1)=N2. The highest BCUT2D eigenvalue weighted by molar-refractivity contribution is 6.10. The third-order valence-corrected chi connectivity index (χ3v) is 3.81. The summed E-state index contributed by atoms with van der Waals surface area (Å²) in [7, 11) is 0. The Bertz CT molecular complexity index is 833. The number of anilines is 1. The van der Waals surface area contributed by atoms with Crippen LogP contribution in [0, 0.1) is 6.92 Å². The van der Waals surface area contributed by atoms with Crippen LogP contribution in [0.2, 0.25) is 0 Å². The number of carbonyl (C=O) groups excluding carboxylic acids is 2. The monoisotopic (exact) mass is 325 g/mol. The van der Waals surface area contributed by atoms with Gasteiger partial charge in [0.25, 0.3) is 5.91 Å². The highest BCUT2D eigenvalue weighted by Gasteiger charge is 2.24. The van der Waals surface area contributed by atoms with Crippen molar-refractivity contribution in [3.63, 3.8) is 0 Å². The number of carbonyl (C=O) groups is 2. The molecule has 24 heavy (non-hydrogen) atoms. The van der Waals surface area contributed by atoms with E-state index in [1.165, 1.54) is 6.92 Å². The van der Waals surface area contributed by atoms with Crippen LogP contribution in [0.3, 0.4) is 0 Å². The maximum atomic E-state index is 12.4. The number of amides is 2. The maximum absolute atomic E-state index is 12.4. The Labute approximate surface area is 139 Å². The largest absolute Gasteiger partial charge is 0.345 e. The van der Waals surface area contributed by atoms with E-state index in [9.17, 15) is 9.59 Å². The molecule has 2 N–H and O–H groups in total. The predicted molar refractivity (Wildman–Crippen MR) is 91.9 cm³/mol. The standard InChI is InChI=1S/C17H19N5O2/c1-4-22-16-15(10(2)21-22)20-14(9-18-17(16)24)12-5-7-13(8-6-12)19-11(3)23/h5-8H,4,9H2,1-3H3,(H,18,24)(H,19,23). The van der Waals surface area contributed by atoms with E-state index in [1.807, 2.05) is 38.1 Å². The van der Waals surface area contributed by atoms with Crippen molar-refractivity contribution in [1.82, 2.24) is 15.1 Å². The van der Waals surface area contributed by atoms with E-state index in [2.05, 4.69) is 20.7 Å². The molecule has 2 amide bonds. The molecule has 0 atom stereocenters. The third kappa shape index (κ3) is 2.92. The molecule has 2 aromatic rings. The van der Waals surface area contributed by atoms with Gasteiger partial charge in [0.2, 0.25) is 5.91 Å². The van der Waals surface area contributed by atoms with Gasteiger partial charge in [0.05, 0.1) is 18.0 Å². The molecule has 0 saturated heterocycles. The van der Waals surface area contributed by atoms with E-state index >= 15 is 0 Å². The van der Waals surface area contributed by atoms with Gasteiger partial charge in [0.15, 0.2) is 5.69 Å². The van der Waals surface area contributed by atoms with E-state index in [0.717, 1.165) is 22.7 Å². The molecule has 7 heteroatoms. The number of aliphatic imine (C=N–C) groups is 1. The second kappa shape index (κ2) is 6.27. The van der Waals surface area contributed by atoms with Gasteiger partial charge >= 0.3 is 0 Å². The van der Waals surface area contributed by atoms with Crippen molar-refractivity contribution in [3.05, 3.63) is 41.2 Å². The molecular formula is C17H19N5O2. The first-order valence-electron chi connectivity index (χ1n) is 7.80. The summed E-state index contributed by atoms with van der Waals surface area (Å²) in [5.41, 5.74) is 4.22. The summed E-state index contributed by atoms with van der Waals surface area (Å²) in [6.07, 6.45) is 0. The average Bonchev–Trinajstić information content (AvgIpc) is 2.76. The number of hydrogen-bond donors (Lipinski definition) is 2. The van der Waals surface area contributed by atoms with Crippen LogP contribution in [0.5, 0.6) is 0 Å². The normalized spacial score (nSPS) is 13.6. The van der Waals surface area contributed by atoms with Crippen molar-refractivity contribution in [1.29, 1.82) is 0 Å². The summed E-state index contributed by atoms with van der Waals surface area (Å²) in [6.45, 7) is 6.21. The number of fused-ring (bicyclic) bond motifs is 1. The maximum Gasteiger partial charge on any atom is 0.272 e. The van der Waals surface area contributed by atoms with Gasteiger partial charge < -0.3 is 10.6 Å². The van der Waals surface area contributed by atoms with Crippen LogP contribution < -0.4 is 10.6 Å². The minimum Gasteiger partial charge on any atom is -0.345 e. The number of hydrogen-bond acceptors (Lipinski definition) is 4. The lowest BCUT2D eigenvalue weighted by molar-refractivity contribution is -0.114. The molecule has 7 nitrogen and oxygen atoms in total. The van der Waals surface area contributed by atoms with Crippen LogP contribution in [0.25, 0.3) is 0 Å². The summed E-state index contributed by atoms with van der Waals surface area (Å²) in [5.74, 6) is -0.282. The Hall–Kier alpha value is -2.96. The first-order chi connectivity index (χ1) is 11.5. The van der Waals surface area contributed by atoms with Gasteiger partial charge in [-0.25, -0.2) is 4.99 Å². The van der Waals surface area contributed by atoms with Crippen LogP contribution in [0.4, 0.5) is 11.4 Å². The second-order valence-corrected chi connectivity index (χ2v) is 5.60. The molecule has 0 fully saturated rings. The van der Waals surface area contributed by atoms with Crippen molar-refractivity contribution < 1.29 is 9.59 Å². The Kier molecular flexibility index (Phi) is 4.16. The Morgan fingerprint density at radius 2 is 2.04 bits per heavy atom. The summed E-state index contributed by atoms with van der Waals surface area (Å²) < 4.78 is 1.67. The molecule has 0 spiro atoms. The average molecular weight is 325 g/mol. The zero-order chi connectivity index (χ0) is 17.3. The lowest BCUT2D eigenvalue weighted by atomic mass is 10.1. The summed E-state index contributed by atoms with van der Waals surface area (Å²) in [6, 6.07) is 7.38. The van der Waals surface area contributed by atoms with Gasteiger partial charge in [-0.15, -0.1) is 0 Å². The zero-order valence-corrected chi connectivity index (χ0v) is 13.9. The van der Waals surface area contributed by atoms with Gasteiger partial charge in [-0.3, -0.25) is 14.3 Å². The lowest BCUT2D eigenvalue weighted by Crippen LogP contribution is -2.29. The topological polar surface area (TPSA) is 88.4 Å². The van der Waals surface area contributed by atoms with E-state index in [0.29, 0.717) is 24.5 Å². The zero-order valence-electron chi connectivity index (χ0n) is 13.9. The van der Waals surface area contributed by atoms with Gasteiger partial charge in [-0.05, 0) is 31.5 Å². The Balaban J connectivity index is 1.99. The fourth-order valence-electron chi connectivity index (χ4n) is 2.70. The molecule has 1 aliphatic heterocycles. The van der Waals surface area contributed by atoms with E-state index in [4.69, 9.17) is 0 Å². The molecule has 0 radical (unpaired) electrons. The smallest absolute Gasteiger partial charge is 0.272 e. The fraction of sp³-hybridized carbons (Fsp3) is 0.294. The fourth-order valence-corrected chi connectivity index (χ4v) is 2.70. The molecular weight excluding hydrogens is 306 g/mol. The first kappa shape index (κ1) is 15.9. The van der Waals surface area contributed by atoms with E-state index in [-0.39, 0.29) is 11.8 Å². The van der Waals surface area contributed by atoms with Crippen LogP contribution in [-0.4, -0.2) is 33.9 Å². The molecule has 1 aliphatic rings. The van der Waals surface area contributed by atoms with Gasteiger partial charge in [0, 0.05) is 19.2 Å². The molecule has 124 valence electrons. The van der Waals surface area contributed by atoms with Crippen LogP contribution in [-0.2, 0) is 11.3 Å². The number of nitrogens with zero attached hydrogens (tertiary/aromatic N) is 3. The number of aromatic nitrogens is 2. The number of nitrogens with one attached hydrogen (secondary N) is 2. The molecule has 0 bridgehead atoms. The summed E-state index contributed by atoms with van der Waals surface area (Å²) in [4.78, 5) is 28.1. The molecule has 3 rings (SSSR count). The van der Waals surface area contributed by atoms with Crippen LogP contribution in [0.1, 0.15) is 35.6 Å². The van der Waals surface area contributed by atoms with Gasteiger partial charge in [-0.1, -0.05) is 12.1 Å². The van der Waals surface area contributed by atoms with Crippen molar-refractivity contribution in [2.75, 3.05) is 11.9 Å².